The van der Waals surface area contributed by atoms with Gasteiger partial charge in [-0.15, -0.1) is 0 Å². The molecular weight excluding hydrogens is 887 g/mol. The van der Waals surface area contributed by atoms with Crippen LogP contribution in [0.2, 0.25) is 0 Å². The lowest BCUT2D eigenvalue weighted by Gasteiger charge is -2.27. The Morgan fingerprint density at radius 2 is 1.07 bits per heavy atom. The first-order valence-electron chi connectivity index (χ1n) is 35.3. The third kappa shape index (κ3) is 9.79. The molecule has 364 valence electrons. The van der Waals surface area contributed by atoms with Crippen molar-refractivity contribution in [1.82, 2.24) is 14.5 Å². The van der Waals surface area contributed by atoms with Crippen LogP contribution in [0.3, 0.4) is 0 Å². The third-order valence-electron chi connectivity index (χ3n) is 13.3. The zero-order chi connectivity index (χ0) is 70.7. The molecule has 0 aliphatic heterocycles. The predicted molar refractivity (Wildman–Crippen MR) is 309 cm³/mol. The Balaban J connectivity index is 1.36. The number of phenolic OH excluding ortho intramolecular Hbond substituents is 1. The minimum atomic E-state index is -4.28. The highest BCUT2D eigenvalue weighted by atomic mass is 16.3. The van der Waals surface area contributed by atoms with E-state index >= 15 is 0 Å². The zero-order valence-corrected chi connectivity index (χ0v) is 40.7. The van der Waals surface area contributed by atoms with Crippen LogP contribution in [0.25, 0.3) is 95.0 Å². The van der Waals surface area contributed by atoms with Gasteiger partial charge in [0, 0.05) is 54.4 Å². The molecule has 2 heterocycles. The molecule has 10 aromatic rings. The van der Waals surface area contributed by atoms with Gasteiger partial charge in [-0.25, -0.2) is 4.98 Å². The van der Waals surface area contributed by atoms with Crippen LogP contribution in [0.4, 0.5) is 0 Å². The molecule has 0 amide bonds. The fourth-order valence-corrected chi connectivity index (χ4v) is 9.33. The molecule has 0 bridgehead atoms. The molecule has 10 rings (SSSR count). The van der Waals surface area contributed by atoms with Gasteiger partial charge in [0.05, 0.1) is 28.0 Å². The molecule has 0 radical (unpaired) electrons. The lowest BCUT2D eigenvalue weighted by atomic mass is 9.79. The maximum absolute atomic E-state index is 13.2. The van der Waals surface area contributed by atoms with Crippen molar-refractivity contribution in [3.63, 3.8) is 0 Å². The zero-order valence-electron chi connectivity index (χ0n) is 63.7. The van der Waals surface area contributed by atoms with Crippen molar-refractivity contribution in [2.45, 2.75) is 98.3 Å². The van der Waals surface area contributed by atoms with E-state index in [1.165, 1.54) is 24.3 Å². The van der Waals surface area contributed by atoms with Crippen molar-refractivity contribution in [2.75, 3.05) is 0 Å². The molecule has 73 heavy (non-hydrogen) atoms. The molecule has 0 fully saturated rings. The summed E-state index contributed by atoms with van der Waals surface area (Å²) in [5.41, 5.74) is -4.61. The Hall–Kier alpha value is -7.82. The number of aryl methyl sites for hydroxylation is 1. The molecule has 0 saturated heterocycles. The van der Waals surface area contributed by atoms with Crippen LogP contribution < -0.4 is 0 Å². The highest BCUT2D eigenvalue weighted by Gasteiger charge is 2.29. The van der Waals surface area contributed by atoms with Gasteiger partial charge in [0.2, 0.25) is 0 Å². The standard InChI is InChI=1S/C69H67N3O/c1-43(2)52-34-53(44(3)4)36-55(35-52)50-29-30-63(45(5)33-50)72-64-24-18-23-59(65(64)71-67(72)60-41-58(68(6,7)8)42-61(66(60)73)69(9,10)11)56-37-54(47-21-16-13-17-22-47)38-57(39-56)62-40-51(31-32-70-62)49-27-25-48(26-28-49)46-19-14-12-15-20-46/h12-44,73H,1-11H3/i5D3,6D3,7D3,8D3,9D3,10D3,11D3,43D,44D. The molecule has 4 heteroatoms. The molecule has 0 aliphatic carbocycles. The van der Waals surface area contributed by atoms with E-state index in [9.17, 15) is 9.22 Å². The van der Waals surface area contributed by atoms with E-state index in [1.54, 1.807) is 64.2 Å². The number of benzene rings is 8. The lowest BCUT2D eigenvalue weighted by Crippen LogP contribution is -2.17. The van der Waals surface area contributed by atoms with Gasteiger partial charge in [-0.05, 0) is 156 Å². The number of hydrogen-bond donors (Lipinski definition) is 1. The first kappa shape index (κ1) is 28.4. The normalized spacial score (nSPS) is 18.2. The molecule has 1 N–H and O–H groups in total. The fourth-order valence-electron chi connectivity index (χ4n) is 9.33. The number of hydrogen-bond acceptors (Lipinski definition) is 3. The number of phenols is 1. The van der Waals surface area contributed by atoms with Crippen molar-refractivity contribution in [3.05, 3.63) is 216 Å². The van der Waals surface area contributed by atoms with Gasteiger partial charge >= 0.3 is 0 Å². The SMILES string of the molecule is [2H]C([2H])([2H])c1cc(-c2cc(C([2H])(C)C)cc(C([2H])(C)C)c2)ccc1-n1c(-c2cc(C(C([2H])([2H])[2H])(C([2H])([2H])[2H])C([2H])([2H])[2H])cc(C(C([2H])([2H])[2H])(C([2H])([2H])[2H])C([2H])([2H])[2H])c2O)nc2c(-c3cc(-c4ccccc4)cc(-c4cc(-c5ccc(-c6ccccc6)cc5)ccn4)c3)cccc21. The summed E-state index contributed by atoms with van der Waals surface area (Å²) in [5, 5.41) is 13.2. The molecule has 0 aliphatic rings. The Morgan fingerprint density at radius 3 is 1.71 bits per heavy atom. The molecule has 0 atom stereocenters. The number of imidazole rings is 1. The van der Waals surface area contributed by atoms with E-state index in [0.717, 1.165) is 32.4 Å². The minimum Gasteiger partial charge on any atom is -0.507 e. The summed E-state index contributed by atoms with van der Waals surface area (Å²) in [6.07, 6.45) is 1.67. The van der Waals surface area contributed by atoms with E-state index in [-0.39, 0.29) is 33.9 Å². The Labute approximate surface area is 465 Å². The van der Waals surface area contributed by atoms with E-state index in [0.29, 0.717) is 45.1 Å². The smallest absolute Gasteiger partial charge is 0.149 e. The van der Waals surface area contributed by atoms with E-state index in [4.69, 9.17) is 37.4 Å². The van der Waals surface area contributed by atoms with Crippen LogP contribution >= 0.6 is 0 Å². The molecule has 2 aromatic heterocycles. The summed E-state index contributed by atoms with van der Waals surface area (Å²) in [6, 6.07) is 51.4. The van der Waals surface area contributed by atoms with Crippen LogP contribution in [0, 0.1) is 6.85 Å². The van der Waals surface area contributed by atoms with Gasteiger partial charge in [0.25, 0.3) is 0 Å². The van der Waals surface area contributed by atoms with Crippen LogP contribution in [-0.4, -0.2) is 19.6 Å². The molecule has 0 spiro atoms. The second-order valence-electron chi connectivity index (χ2n) is 18.9. The van der Waals surface area contributed by atoms with Crippen LogP contribution in [0.15, 0.2) is 188 Å². The van der Waals surface area contributed by atoms with Gasteiger partial charge in [0.15, 0.2) is 0 Å². The molecule has 8 aromatic carbocycles. The number of aromatic nitrogens is 3. The molecular formula is C69H67N3O. The highest BCUT2D eigenvalue weighted by Crippen LogP contribution is 2.46. The van der Waals surface area contributed by atoms with Crippen molar-refractivity contribution in [3.8, 4) is 89.7 Å². The number of rotatable bonds is 10. The Kier molecular flexibility index (Phi) is 7.52. The van der Waals surface area contributed by atoms with Gasteiger partial charge in [-0.1, -0.05) is 196 Å². The summed E-state index contributed by atoms with van der Waals surface area (Å²) < 4.78 is 206. The quantitative estimate of drug-likeness (QED) is 0.149. The highest BCUT2D eigenvalue weighted by molar-refractivity contribution is 5.98. The number of para-hydroxylation sites is 1. The average molecular weight is 977 g/mol. The Bertz CT molecular complexity index is 4460. The molecule has 0 unspecified atom stereocenters. The first-order valence-corrected chi connectivity index (χ1v) is 23.8. The second kappa shape index (κ2) is 19.3. The van der Waals surface area contributed by atoms with Crippen LogP contribution in [-0.2, 0) is 10.8 Å². The van der Waals surface area contributed by atoms with Crippen LogP contribution in [0.5, 0.6) is 5.75 Å². The molecule has 0 saturated carbocycles. The van der Waals surface area contributed by atoms with E-state index in [2.05, 4.69) is 0 Å². The number of fused-ring (bicyclic) bond motifs is 1. The first-order chi connectivity index (χ1) is 44.2. The van der Waals surface area contributed by atoms with Gasteiger partial charge in [0.1, 0.15) is 11.6 Å². The van der Waals surface area contributed by atoms with Gasteiger partial charge in [-0.2, -0.15) is 0 Å². The van der Waals surface area contributed by atoms with E-state index < -0.39 is 104 Å². The predicted octanol–water partition coefficient (Wildman–Crippen LogP) is 18.9. The minimum absolute atomic E-state index is 0.0171. The van der Waals surface area contributed by atoms with Gasteiger partial charge < -0.3 is 5.11 Å². The van der Waals surface area contributed by atoms with Crippen molar-refractivity contribution in [2.24, 2.45) is 0 Å². The van der Waals surface area contributed by atoms with E-state index in [1.807, 2.05) is 115 Å². The number of nitrogens with zero attached hydrogens (tertiary/aromatic N) is 3. The summed E-state index contributed by atoms with van der Waals surface area (Å²) in [5.74, 6) is -4.67. The lowest BCUT2D eigenvalue weighted by molar-refractivity contribution is 0.446. The average Bonchev–Trinajstić information content (AvgIpc) is 0.839. The second-order valence-corrected chi connectivity index (χ2v) is 18.9. The van der Waals surface area contributed by atoms with Crippen LogP contribution in [0.1, 0.15) is 140 Å². The number of pyridine rings is 1. The Morgan fingerprint density at radius 1 is 0.493 bits per heavy atom. The summed E-state index contributed by atoms with van der Waals surface area (Å²) in [6.45, 7) is -21.8. The maximum Gasteiger partial charge on any atom is 0.149 e. The topological polar surface area (TPSA) is 50.9 Å². The summed E-state index contributed by atoms with van der Waals surface area (Å²) in [7, 11) is 0. The van der Waals surface area contributed by atoms with Crippen molar-refractivity contribution >= 4 is 11.0 Å². The summed E-state index contributed by atoms with van der Waals surface area (Å²) >= 11 is 0. The number of aromatic hydroxyl groups is 1. The maximum atomic E-state index is 13.2. The molecule has 4 nitrogen and oxygen atoms in total. The van der Waals surface area contributed by atoms with Gasteiger partial charge in [-0.3, -0.25) is 9.55 Å². The fraction of sp³-hybridized carbons (Fsp3) is 0.217. The summed E-state index contributed by atoms with van der Waals surface area (Å²) in [4.78, 5) is 9.94. The van der Waals surface area contributed by atoms with Crippen molar-refractivity contribution < 1.29 is 36.6 Å². The monoisotopic (exact) mass is 977 g/mol. The largest absolute Gasteiger partial charge is 0.507 e. The van der Waals surface area contributed by atoms with Crippen molar-refractivity contribution in [1.29, 1.82) is 0 Å². The third-order valence-corrected chi connectivity index (χ3v) is 13.3.